The molecule has 1 saturated carbocycles. The summed E-state index contributed by atoms with van der Waals surface area (Å²) < 4.78 is 13.4. The average molecular weight is 692 g/mol. The van der Waals surface area contributed by atoms with Gasteiger partial charge in [0.1, 0.15) is 0 Å². The Morgan fingerprint density at radius 2 is 1.52 bits per heavy atom. The maximum atomic E-state index is 13.7. The molecule has 10 heteroatoms. The molecular formula is C40H57N3O7. The fourth-order valence-electron chi connectivity index (χ4n) is 7.82. The van der Waals surface area contributed by atoms with Crippen molar-refractivity contribution in [1.29, 1.82) is 0 Å². The second kappa shape index (κ2) is 17.8. The minimum Gasteiger partial charge on any atom is -0.481 e. The van der Waals surface area contributed by atoms with Crippen molar-refractivity contribution in [2.24, 2.45) is 5.92 Å². The molecule has 4 N–H and O–H groups in total. The van der Waals surface area contributed by atoms with E-state index in [1.165, 1.54) is 19.3 Å². The maximum Gasteiger partial charge on any atom is 0.303 e. The van der Waals surface area contributed by atoms with Crippen molar-refractivity contribution in [1.82, 2.24) is 15.5 Å². The molecule has 2 aliphatic heterocycles. The number of carboxylic acid groups (broad SMARTS) is 1. The zero-order valence-electron chi connectivity index (χ0n) is 30.1. The van der Waals surface area contributed by atoms with Crippen molar-refractivity contribution < 1.29 is 34.1 Å². The van der Waals surface area contributed by atoms with Crippen LogP contribution in [0.5, 0.6) is 0 Å². The van der Waals surface area contributed by atoms with E-state index in [1.807, 2.05) is 69.3 Å². The fraction of sp³-hybridized carbons (Fsp3) is 0.625. The second-order valence-corrected chi connectivity index (χ2v) is 15.5. The van der Waals surface area contributed by atoms with Crippen LogP contribution >= 0.6 is 0 Å². The predicted octanol–water partition coefficient (Wildman–Crippen LogP) is 6.31. The zero-order valence-corrected chi connectivity index (χ0v) is 30.1. The highest BCUT2D eigenvalue weighted by Crippen LogP contribution is 2.42. The fourth-order valence-corrected chi connectivity index (χ4v) is 7.82. The number of rotatable bonds is 14. The van der Waals surface area contributed by atoms with E-state index in [9.17, 15) is 19.5 Å². The number of likely N-dealkylation sites (tertiary alicyclic amines) is 1. The number of hydrogen-bond donors (Lipinski definition) is 4. The molecule has 2 saturated heterocycles. The summed E-state index contributed by atoms with van der Waals surface area (Å²) in [6.45, 7) is 7.13. The number of hydrogen-bond acceptors (Lipinski definition) is 7. The van der Waals surface area contributed by atoms with Crippen molar-refractivity contribution in [2.45, 2.75) is 147 Å². The maximum absolute atomic E-state index is 13.7. The summed E-state index contributed by atoms with van der Waals surface area (Å²) >= 11 is 0. The summed E-state index contributed by atoms with van der Waals surface area (Å²) in [5, 5.41) is 24.6. The summed E-state index contributed by atoms with van der Waals surface area (Å²) in [4.78, 5) is 39.2. The van der Waals surface area contributed by atoms with Crippen LogP contribution in [0.1, 0.15) is 132 Å². The van der Waals surface area contributed by atoms with E-state index in [2.05, 4.69) is 15.5 Å². The first kappa shape index (κ1) is 37.9. The van der Waals surface area contributed by atoms with Crippen LogP contribution in [-0.2, 0) is 37.0 Å². The number of nitrogens with one attached hydrogen (secondary N) is 2. The Bertz CT molecular complexity index is 1410. The molecule has 2 aromatic rings. The van der Waals surface area contributed by atoms with Gasteiger partial charge in [-0.2, -0.15) is 0 Å². The Labute approximate surface area is 297 Å². The Morgan fingerprint density at radius 3 is 2.22 bits per heavy atom. The Morgan fingerprint density at radius 1 is 0.840 bits per heavy atom. The SMILES string of the molecule is CC(C)(C)NC(=O)C1CCC2CCCCC2N1CC1CC(c2ccc(CO)cc2)OC(c2ccc(CNC(=O)CCCCCC(=O)O)cc2)O1. The highest BCUT2D eigenvalue weighted by molar-refractivity contribution is 5.82. The number of aliphatic hydroxyl groups excluding tert-OH is 1. The molecule has 6 unspecified atom stereocenters. The average Bonchev–Trinajstić information content (AvgIpc) is 3.10. The summed E-state index contributed by atoms with van der Waals surface area (Å²) in [6, 6.07) is 16.0. The molecule has 0 aromatic heterocycles. The zero-order chi connectivity index (χ0) is 35.7. The molecule has 2 heterocycles. The monoisotopic (exact) mass is 691 g/mol. The van der Waals surface area contributed by atoms with Crippen molar-refractivity contribution >= 4 is 17.8 Å². The number of ether oxygens (including phenoxy) is 2. The van der Waals surface area contributed by atoms with Crippen LogP contribution in [0.3, 0.4) is 0 Å². The molecular weight excluding hydrogens is 634 g/mol. The third kappa shape index (κ3) is 10.8. The van der Waals surface area contributed by atoms with E-state index < -0.39 is 12.3 Å². The highest BCUT2D eigenvalue weighted by atomic mass is 16.7. The number of carbonyl (C=O) groups is 3. The van der Waals surface area contributed by atoms with Gasteiger partial charge in [-0.05, 0) is 81.9 Å². The van der Waals surface area contributed by atoms with Crippen LogP contribution < -0.4 is 10.6 Å². The lowest BCUT2D eigenvalue weighted by molar-refractivity contribution is -0.255. The largest absolute Gasteiger partial charge is 0.481 e. The number of carbonyl (C=O) groups excluding carboxylic acids is 2. The van der Waals surface area contributed by atoms with Gasteiger partial charge in [0.25, 0.3) is 0 Å². The lowest BCUT2D eigenvalue weighted by atomic mass is 9.75. The molecule has 0 bridgehead atoms. The Hall–Kier alpha value is -3.31. The molecule has 50 heavy (non-hydrogen) atoms. The van der Waals surface area contributed by atoms with E-state index in [4.69, 9.17) is 14.6 Å². The minimum atomic E-state index is -0.807. The molecule has 3 fully saturated rings. The number of amides is 2. The number of benzene rings is 2. The molecule has 2 amide bonds. The number of unbranched alkanes of at least 4 members (excludes halogenated alkanes) is 2. The van der Waals surface area contributed by atoms with Gasteiger partial charge < -0.3 is 30.3 Å². The predicted molar refractivity (Wildman–Crippen MR) is 191 cm³/mol. The molecule has 2 aromatic carbocycles. The van der Waals surface area contributed by atoms with Gasteiger partial charge in [-0.15, -0.1) is 0 Å². The van der Waals surface area contributed by atoms with Gasteiger partial charge in [-0.3, -0.25) is 19.3 Å². The molecule has 0 spiro atoms. The highest BCUT2D eigenvalue weighted by Gasteiger charge is 2.44. The first-order valence-electron chi connectivity index (χ1n) is 18.6. The topological polar surface area (TPSA) is 137 Å². The molecule has 5 rings (SSSR count). The molecule has 10 nitrogen and oxygen atoms in total. The molecule has 1 aliphatic carbocycles. The van der Waals surface area contributed by atoms with E-state index in [-0.39, 0.29) is 48.6 Å². The summed E-state index contributed by atoms with van der Waals surface area (Å²) in [7, 11) is 0. The lowest BCUT2D eigenvalue weighted by Crippen LogP contribution is -2.61. The van der Waals surface area contributed by atoms with Crippen LogP contribution in [0.25, 0.3) is 0 Å². The smallest absolute Gasteiger partial charge is 0.303 e. The van der Waals surface area contributed by atoms with E-state index in [1.54, 1.807) is 0 Å². The second-order valence-electron chi connectivity index (χ2n) is 15.5. The van der Waals surface area contributed by atoms with Gasteiger partial charge in [0.15, 0.2) is 6.29 Å². The van der Waals surface area contributed by atoms with Crippen LogP contribution in [-0.4, -0.2) is 63.2 Å². The molecule has 274 valence electrons. The lowest BCUT2D eigenvalue weighted by Gasteiger charge is -2.50. The number of nitrogens with zero attached hydrogens (tertiary/aromatic N) is 1. The standard InChI is InChI=1S/C40H57N3O7/c1-40(2,3)42-38(48)34-22-21-29-9-7-8-10-33(29)43(34)25-32-23-35(30-17-15-28(26-44)16-18-30)50-39(49-32)31-19-13-27(14-20-31)24-41-36(45)11-5-4-6-12-37(46)47/h13-20,29,32-35,39,44H,4-12,21-26H2,1-3H3,(H,41,45)(H,42,48)(H,46,47). The Balaban J connectivity index is 1.29. The van der Waals surface area contributed by atoms with Crippen molar-refractivity contribution in [3.05, 3.63) is 70.8 Å². The summed E-state index contributed by atoms with van der Waals surface area (Å²) in [5.74, 6) is -0.154. The quantitative estimate of drug-likeness (QED) is 0.169. The minimum absolute atomic E-state index is 0.0186. The van der Waals surface area contributed by atoms with Gasteiger partial charge in [-0.25, -0.2) is 0 Å². The van der Waals surface area contributed by atoms with Crippen LogP contribution in [0.15, 0.2) is 48.5 Å². The van der Waals surface area contributed by atoms with E-state index >= 15 is 0 Å². The third-order valence-electron chi connectivity index (χ3n) is 10.4. The normalized spacial score (nSPS) is 25.8. The first-order valence-corrected chi connectivity index (χ1v) is 18.6. The van der Waals surface area contributed by atoms with Crippen LogP contribution in [0.2, 0.25) is 0 Å². The molecule has 0 radical (unpaired) electrons. The van der Waals surface area contributed by atoms with E-state index in [0.717, 1.165) is 41.5 Å². The van der Waals surface area contributed by atoms with Crippen molar-refractivity contribution in [3.8, 4) is 0 Å². The van der Waals surface area contributed by atoms with Crippen molar-refractivity contribution in [3.63, 3.8) is 0 Å². The number of carboxylic acids is 1. The first-order chi connectivity index (χ1) is 24.0. The number of aliphatic carboxylic acids is 1. The molecule has 6 atom stereocenters. The Kier molecular flexibility index (Phi) is 13.5. The number of piperidine rings is 1. The summed E-state index contributed by atoms with van der Waals surface area (Å²) in [6.07, 6.45) is 8.80. The number of aliphatic hydroxyl groups is 1. The third-order valence-corrected chi connectivity index (χ3v) is 10.4. The van der Waals surface area contributed by atoms with Gasteiger partial charge >= 0.3 is 5.97 Å². The van der Waals surface area contributed by atoms with E-state index in [0.29, 0.717) is 57.2 Å². The number of fused-ring (bicyclic) bond motifs is 1. The summed E-state index contributed by atoms with van der Waals surface area (Å²) in [5.41, 5.74) is 3.41. The molecule has 3 aliphatic rings. The van der Waals surface area contributed by atoms with Crippen LogP contribution in [0.4, 0.5) is 0 Å². The van der Waals surface area contributed by atoms with Gasteiger partial charge in [0.05, 0.1) is 24.9 Å². The van der Waals surface area contributed by atoms with Crippen LogP contribution in [0, 0.1) is 5.92 Å². The van der Waals surface area contributed by atoms with Gasteiger partial charge in [0, 0.05) is 49.5 Å². The van der Waals surface area contributed by atoms with Crippen molar-refractivity contribution in [2.75, 3.05) is 6.54 Å². The van der Waals surface area contributed by atoms with Gasteiger partial charge in [0.2, 0.25) is 11.8 Å². The van der Waals surface area contributed by atoms with Gasteiger partial charge in [-0.1, -0.05) is 67.8 Å².